The molecule has 0 saturated heterocycles. The normalized spacial score (nSPS) is 11.1. The average Bonchev–Trinajstić information content (AvgIpc) is 2.68. The Morgan fingerprint density at radius 2 is 1.69 bits per heavy atom. The molecule has 0 aliphatic carbocycles. The fourth-order valence-electron chi connectivity index (χ4n) is 2.47. The fraction of sp³-hybridized carbons (Fsp3) is 0.300. The Bertz CT molecular complexity index is 946. The highest BCUT2D eigenvalue weighted by Crippen LogP contribution is 2.16. The summed E-state index contributed by atoms with van der Waals surface area (Å²) in [4.78, 5) is 24.6. The molecule has 0 bridgehead atoms. The Morgan fingerprint density at radius 1 is 1.00 bits per heavy atom. The van der Waals surface area contributed by atoms with Crippen molar-refractivity contribution in [1.82, 2.24) is 10.0 Å². The van der Waals surface area contributed by atoms with Crippen molar-refractivity contribution in [1.29, 1.82) is 0 Å². The lowest BCUT2D eigenvalue weighted by molar-refractivity contribution is -0.116. The number of anilines is 1. The molecule has 156 valence electrons. The Balaban J connectivity index is 1.91. The summed E-state index contributed by atoms with van der Waals surface area (Å²) >= 11 is 3.25. The van der Waals surface area contributed by atoms with Crippen LogP contribution in [0.15, 0.2) is 57.9 Å². The Labute approximate surface area is 179 Å². The van der Waals surface area contributed by atoms with Crippen LogP contribution in [0.4, 0.5) is 5.69 Å². The standard InChI is InChI=1S/C20H24BrN3O4S/c1-2-3-13-22-20(26)17-6-4-5-7-18(17)24-19(25)12-14-23-29(27,28)16-10-8-15(21)9-11-16/h4-11,23H,2-3,12-14H2,1H3,(H,22,26)(H,24,25). The predicted molar refractivity (Wildman–Crippen MR) is 116 cm³/mol. The molecule has 0 atom stereocenters. The summed E-state index contributed by atoms with van der Waals surface area (Å²) in [6.45, 7) is 2.54. The SMILES string of the molecule is CCCCNC(=O)c1ccccc1NC(=O)CCNS(=O)(=O)c1ccc(Br)cc1. The van der Waals surface area contributed by atoms with Crippen molar-refractivity contribution in [3.63, 3.8) is 0 Å². The number of amides is 2. The topological polar surface area (TPSA) is 104 Å². The van der Waals surface area contributed by atoms with Crippen LogP contribution in [0, 0.1) is 0 Å². The van der Waals surface area contributed by atoms with Gasteiger partial charge in [-0.2, -0.15) is 0 Å². The number of sulfonamides is 1. The van der Waals surface area contributed by atoms with Crippen LogP contribution in [-0.4, -0.2) is 33.3 Å². The maximum absolute atomic E-state index is 12.3. The van der Waals surface area contributed by atoms with E-state index in [1.807, 2.05) is 6.92 Å². The number of carbonyl (C=O) groups excluding carboxylic acids is 2. The van der Waals surface area contributed by atoms with E-state index in [-0.39, 0.29) is 23.8 Å². The summed E-state index contributed by atoms with van der Waals surface area (Å²) in [5.74, 6) is -0.650. The maximum atomic E-state index is 12.3. The zero-order valence-corrected chi connectivity index (χ0v) is 18.5. The Hall–Kier alpha value is -2.23. The van der Waals surface area contributed by atoms with Crippen LogP contribution in [0.3, 0.4) is 0 Å². The summed E-state index contributed by atoms with van der Waals surface area (Å²) in [5, 5.41) is 5.49. The van der Waals surface area contributed by atoms with E-state index in [1.165, 1.54) is 12.1 Å². The molecule has 0 fully saturated rings. The number of benzene rings is 2. The maximum Gasteiger partial charge on any atom is 0.253 e. The minimum Gasteiger partial charge on any atom is -0.352 e. The second-order valence-electron chi connectivity index (χ2n) is 6.30. The molecule has 29 heavy (non-hydrogen) atoms. The number of carbonyl (C=O) groups is 2. The molecule has 0 aliphatic heterocycles. The van der Waals surface area contributed by atoms with Crippen molar-refractivity contribution < 1.29 is 18.0 Å². The first-order valence-electron chi connectivity index (χ1n) is 9.26. The number of para-hydroxylation sites is 1. The van der Waals surface area contributed by atoms with Gasteiger partial charge in [-0.3, -0.25) is 9.59 Å². The van der Waals surface area contributed by atoms with Crippen LogP contribution >= 0.6 is 15.9 Å². The molecule has 0 aliphatic rings. The van der Waals surface area contributed by atoms with Crippen molar-refractivity contribution in [3.05, 3.63) is 58.6 Å². The Morgan fingerprint density at radius 3 is 2.38 bits per heavy atom. The lowest BCUT2D eigenvalue weighted by Crippen LogP contribution is -2.29. The predicted octanol–water partition coefficient (Wildman–Crippen LogP) is 3.29. The molecule has 7 nitrogen and oxygen atoms in total. The molecule has 0 spiro atoms. The van der Waals surface area contributed by atoms with Gasteiger partial charge in [-0.1, -0.05) is 41.4 Å². The van der Waals surface area contributed by atoms with Gasteiger partial charge in [0.2, 0.25) is 15.9 Å². The highest BCUT2D eigenvalue weighted by molar-refractivity contribution is 9.10. The van der Waals surface area contributed by atoms with Crippen molar-refractivity contribution in [2.24, 2.45) is 0 Å². The molecule has 0 heterocycles. The van der Waals surface area contributed by atoms with Crippen molar-refractivity contribution in [2.45, 2.75) is 31.1 Å². The van der Waals surface area contributed by atoms with Crippen LogP contribution < -0.4 is 15.4 Å². The molecule has 0 radical (unpaired) electrons. The number of nitrogens with one attached hydrogen (secondary N) is 3. The summed E-state index contributed by atoms with van der Waals surface area (Å²) in [7, 11) is -3.69. The van der Waals surface area contributed by atoms with E-state index in [0.717, 1.165) is 17.3 Å². The van der Waals surface area contributed by atoms with Gasteiger partial charge >= 0.3 is 0 Å². The first-order valence-corrected chi connectivity index (χ1v) is 11.5. The van der Waals surface area contributed by atoms with Gasteiger partial charge in [0.05, 0.1) is 16.1 Å². The summed E-state index contributed by atoms with van der Waals surface area (Å²) in [6.07, 6.45) is 1.77. The minimum atomic E-state index is -3.69. The van der Waals surface area contributed by atoms with E-state index in [1.54, 1.807) is 36.4 Å². The smallest absolute Gasteiger partial charge is 0.253 e. The third-order valence-electron chi connectivity index (χ3n) is 4.03. The highest BCUT2D eigenvalue weighted by Gasteiger charge is 2.15. The van der Waals surface area contributed by atoms with Gasteiger partial charge in [-0.25, -0.2) is 13.1 Å². The number of hydrogen-bond donors (Lipinski definition) is 3. The zero-order chi connectivity index (χ0) is 21.3. The van der Waals surface area contributed by atoms with Crippen molar-refractivity contribution in [3.8, 4) is 0 Å². The number of halogens is 1. The summed E-state index contributed by atoms with van der Waals surface area (Å²) in [5.41, 5.74) is 0.759. The van der Waals surface area contributed by atoms with E-state index in [2.05, 4.69) is 31.3 Å². The Kier molecular flexibility index (Phi) is 8.81. The number of hydrogen-bond acceptors (Lipinski definition) is 4. The van der Waals surface area contributed by atoms with Crippen LogP contribution in [0.25, 0.3) is 0 Å². The number of unbranched alkanes of at least 4 members (excludes halogenated alkanes) is 1. The molecule has 0 aromatic heterocycles. The van der Waals surface area contributed by atoms with Crippen LogP contribution in [0.5, 0.6) is 0 Å². The second kappa shape index (κ2) is 11.1. The molecule has 0 saturated carbocycles. The lowest BCUT2D eigenvalue weighted by atomic mass is 10.1. The first-order chi connectivity index (χ1) is 13.8. The first kappa shape index (κ1) is 23.1. The molecule has 2 aromatic rings. The highest BCUT2D eigenvalue weighted by atomic mass is 79.9. The van der Waals surface area contributed by atoms with Crippen LogP contribution in [0.1, 0.15) is 36.5 Å². The second-order valence-corrected chi connectivity index (χ2v) is 8.99. The summed E-state index contributed by atoms with van der Waals surface area (Å²) in [6, 6.07) is 12.9. The van der Waals surface area contributed by atoms with E-state index >= 15 is 0 Å². The van der Waals surface area contributed by atoms with Gasteiger partial charge in [0.25, 0.3) is 5.91 Å². The molecule has 9 heteroatoms. The third kappa shape index (κ3) is 7.26. The van der Waals surface area contributed by atoms with E-state index < -0.39 is 15.9 Å². The van der Waals surface area contributed by atoms with Gasteiger partial charge in [0, 0.05) is 24.0 Å². The van der Waals surface area contributed by atoms with Gasteiger partial charge in [0.1, 0.15) is 0 Å². The quantitative estimate of drug-likeness (QED) is 0.452. The van der Waals surface area contributed by atoms with Crippen molar-refractivity contribution >= 4 is 43.5 Å². The van der Waals surface area contributed by atoms with Gasteiger partial charge in [0.15, 0.2) is 0 Å². The molecule has 3 N–H and O–H groups in total. The third-order valence-corrected chi connectivity index (χ3v) is 6.04. The molecular formula is C20H24BrN3O4S. The largest absolute Gasteiger partial charge is 0.352 e. The molecule has 2 rings (SSSR count). The molecule has 2 amide bonds. The summed E-state index contributed by atoms with van der Waals surface area (Å²) < 4.78 is 27.7. The van der Waals surface area contributed by atoms with Crippen molar-refractivity contribution in [2.75, 3.05) is 18.4 Å². The zero-order valence-electron chi connectivity index (χ0n) is 16.1. The average molecular weight is 482 g/mol. The van der Waals surface area contributed by atoms with E-state index in [4.69, 9.17) is 0 Å². The molecular weight excluding hydrogens is 458 g/mol. The van der Waals surface area contributed by atoms with Crippen LogP contribution in [-0.2, 0) is 14.8 Å². The lowest BCUT2D eigenvalue weighted by Gasteiger charge is -2.12. The van der Waals surface area contributed by atoms with Gasteiger partial charge in [-0.05, 0) is 42.8 Å². The van der Waals surface area contributed by atoms with E-state index in [0.29, 0.717) is 17.8 Å². The number of rotatable bonds is 10. The molecule has 2 aromatic carbocycles. The van der Waals surface area contributed by atoms with Crippen LogP contribution in [0.2, 0.25) is 0 Å². The molecule has 0 unspecified atom stereocenters. The minimum absolute atomic E-state index is 0.0604. The fourth-order valence-corrected chi connectivity index (χ4v) is 3.77. The van der Waals surface area contributed by atoms with Gasteiger partial charge < -0.3 is 10.6 Å². The monoisotopic (exact) mass is 481 g/mol. The van der Waals surface area contributed by atoms with E-state index in [9.17, 15) is 18.0 Å². The van der Waals surface area contributed by atoms with Gasteiger partial charge in [-0.15, -0.1) is 0 Å².